The van der Waals surface area contributed by atoms with Gasteiger partial charge in [0.05, 0.1) is 11.8 Å². The minimum absolute atomic E-state index is 0.358. The first-order chi connectivity index (χ1) is 12.3. The van der Waals surface area contributed by atoms with E-state index in [4.69, 9.17) is 10.2 Å². The van der Waals surface area contributed by atoms with E-state index in [0.717, 1.165) is 0 Å². The number of rotatable bonds is 2. The van der Waals surface area contributed by atoms with E-state index in [2.05, 4.69) is 0 Å². The smallest absolute Gasteiger partial charge is 0.306 e. The first-order valence-electron chi connectivity index (χ1n) is 9.77. The maximum absolute atomic E-state index is 10.9. The van der Waals surface area contributed by atoms with Crippen LogP contribution in [0.25, 0.3) is 0 Å². The monoisotopic (exact) mass is 402 g/mol. The molecule has 0 spiro atoms. The lowest BCUT2D eigenvalue weighted by Crippen LogP contribution is -2.59. The van der Waals surface area contributed by atoms with E-state index in [0.29, 0.717) is 25.7 Å². The molecule has 0 atom stereocenters. The number of piperidine rings is 2. The lowest BCUT2D eigenvalue weighted by Gasteiger charge is -2.50. The highest BCUT2D eigenvalue weighted by molar-refractivity contribution is 5.71. The third kappa shape index (κ3) is 5.43. The van der Waals surface area contributed by atoms with Crippen LogP contribution in [0.4, 0.5) is 0 Å². The van der Waals surface area contributed by atoms with E-state index < -0.39 is 34.1 Å². The number of carboxylic acids is 2. The van der Waals surface area contributed by atoms with Gasteiger partial charge in [0, 0.05) is 22.2 Å². The van der Waals surface area contributed by atoms with Gasteiger partial charge >= 0.3 is 11.9 Å². The van der Waals surface area contributed by atoms with Crippen molar-refractivity contribution in [2.75, 3.05) is 0 Å². The van der Waals surface area contributed by atoms with Crippen LogP contribution in [-0.4, -0.2) is 64.8 Å². The number of aliphatic carboxylic acids is 2. The normalized spacial score (nSPS) is 27.5. The molecule has 2 aliphatic rings. The zero-order valence-corrected chi connectivity index (χ0v) is 18.5. The zero-order valence-electron chi connectivity index (χ0n) is 18.5. The van der Waals surface area contributed by atoms with Crippen LogP contribution >= 0.6 is 0 Å². The minimum Gasteiger partial charge on any atom is -0.481 e. The van der Waals surface area contributed by atoms with E-state index in [1.165, 1.54) is 10.1 Å². The van der Waals surface area contributed by atoms with Crippen molar-refractivity contribution in [2.45, 2.75) is 103 Å². The number of carboxylic acid groups (broad SMARTS) is 2. The maximum atomic E-state index is 10.9. The molecule has 2 rings (SSSR count). The van der Waals surface area contributed by atoms with E-state index in [-0.39, 0.29) is 11.8 Å². The number of hydroxylamine groups is 4. The second kappa shape index (κ2) is 7.89. The summed E-state index contributed by atoms with van der Waals surface area (Å²) in [6.45, 7) is 14.9. The highest BCUT2D eigenvalue weighted by Gasteiger charge is 2.48. The fourth-order valence-corrected chi connectivity index (χ4v) is 4.89. The summed E-state index contributed by atoms with van der Waals surface area (Å²) >= 11 is 0. The van der Waals surface area contributed by atoms with E-state index in [1.807, 2.05) is 55.4 Å². The van der Waals surface area contributed by atoms with Gasteiger partial charge in [0.15, 0.2) is 0 Å². The first kappa shape index (κ1) is 24.8. The predicted octanol–water partition coefficient (Wildman–Crippen LogP) is 3.46. The molecule has 164 valence electrons. The van der Waals surface area contributed by atoms with Crippen LogP contribution in [-0.2, 0) is 9.59 Å². The van der Waals surface area contributed by atoms with Gasteiger partial charge in [-0.1, -0.05) is 0 Å². The van der Waals surface area contributed by atoms with Crippen molar-refractivity contribution in [1.29, 1.82) is 0 Å². The predicted molar refractivity (Wildman–Crippen MR) is 104 cm³/mol. The molecule has 0 aromatic carbocycles. The summed E-state index contributed by atoms with van der Waals surface area (Å²) in [6, 6.07) is 0. The van der Waals surface area contributed by atoms with Gasteiger partial charge < -0.3 is 20.6 Å². The Hall–Kier alpha value is -1.22. The molecule has 0 unspecified atom stereocenters. The summed E-state index contributed by atoms with van der Waals surface area (Å²) < 4.78 is 0. The van der Waals surface area contributed by atoms with Crippen LogP contribution in [0, 0.1) is 11.8 Å². The van der Waals surface area contributed by atoms with Gasteiger partial charge in [0.1, 0.15) is 0 Å². The fraction of sp³-hybridized carbons (Fsp3) is 0.900. The molecule has 0 aromatic rings. The van der Waals surface area contributed by atoms with Gasteiger partial charge in [-0.15, -0.1) is 0 Å². The molecule has 2 saturated heterocycles. The molecule has 0 aliphatic carbocycles. The number of carbonyl (C=O) groups is 2. The summed E-state index contributed by atoms with van der Waals surface area (Å²) in [5, 5.41) is 40.4. The van der Waals surface area contributed by atoms with E-state index >= 15 is 0 Å². The molecule has 2 aliphatic heterocycles. The maximum Gasteiger partial charge on any atom is 0.306 e. The Balaban J connectivity index is 0.000000280. The lowest BCUT2D eigenvalue weighted by atomic mass is 9.75. The molecule has 8 heteroatoms. The second-order valence-corrected chi connectivity index (χ2v) is 10.8. The minimum atomic E-state index is -0.765. The molecular weight excluding hydrogens is 364 g/mol. The Kier molecular flexibility index (Phi) is 7.00. The van der Waals surface area contributed by atoms with E-state index in [9.17, 15) is 20.0 Å². The van der Waals surface area contributed by atoms with Gasteiger partial charge in [-0.05, 0) is 81.1 Å². The summed E-state index contributed by atoms with van der Waals surface area (Å²) in [5.74, 6) is -2.25. The van der Waals surface area contributed by atoms with Crippen molar-refractivity contribution in [2.24, 2.45) is 11.8 Å². The van der Waals surface area contributed by atoms with Crippen LogP contribution in [0.15, 0.2) is 0 Å². The Morgan fingerprint density at radius 3 is 0.929 bits per heavy atom. The number of nitrogens with zero attached hydrogens (tertiary/aromatic N) is 2. The quantitative estimate of drug-likeness (QED) is 0.554. The molecule has 4 N–H and O–H groups in total. The van der Waals surface area contributed by atoms with Crippen molar-refractivity contribution in [3.05, 3.63) is 0 Å². The molecule has 0 aromatic heterocycles. The Bertz CT molecular complexity index is 512. The molecule has 28 heavy (non-hydrogen) atoms. The summed E-state index contributed by atoms with van der Waals surface area (Å²) in [7, 11) is 0. The molecule has 2 heterocycles. The topological polar surface area (TPSA) is 122 Å². The largest absolute Gasteiger partial charge is 0.481 e. The fourth-order valence-electron chi connectivity index (χ4n) is 4.89. The number of hydrogen-bond acceptors (Lipinski definition) is 6. The summed E-state index contributed by atoms with van der Waals surface area (Å²) in [4.78, 5) is 21.9. The SMILES string of the molecule is CC1(C)CC(C(=O)O)CC(C)(C)N1O.CC1(C)CC(C(=O)O)CC(C)(C)N1O. The second-order valence-electron chi connectivity index (χ2n) is 10.8. The molecule has 2 fully saturated rings. The van der Waals surface area contributed by atoms with Crippen LogP contribution in [0.1, 0.15) is 81.1 Å². The van der Waals surface area contributed by atoms with Crippen LogP contribution in [0.5, 0.6) is 0 Å². The Morgan fingerprint density at radius 1 is 0.607 bits per heavy atom. The lowest BCUT2D eigenvalue weighted by molar-refractivity contribution is -0.251. The first-order valence-corrected chi connectivity index (χ1v) is 9.77. The van der Waals surface area contributed by atoms with Gasteiger partial charge in [-0.2, -0.15) is 10.1 Å². The third-order valence-electron chi connectivity index (χ3n) is 5.98. The van der Waals surface area contributed by atoms with Gasteiger partial charge in [0.2, 0.25) is 0 Å². The molecule has 0 amide bonds. The van der Waals surface area contributed by atoms with Crippen molar-refractivity contribution < 1.29 is 30.2 Å². The Labute approximate surface area is 168 Å². The average molecular weight is 403 g/mol. The van der Waals surface area contributed by atoms with Crippen LogP contribution < -0.4 is 0 Å². The van der Waals surface area contributed by atoms with Crippen molar-refractivity contribution in [3.63, 3.8) is 0 Å². The highest BCUT2D eigenvalue weighted by atomic mass is 16.5. The Morgan fingerprint density at radius 2 is 0.786 bits per heavy atom. The summed E-state index contributed by atoms with van der Waals surface area (Å²) in [6.07, 6.45) is 1.95. The van der Waals surface area contributed by atoms with Crippen LogP contribution in [0.2, 0.25) is 0 Å². The molecule has 0 bridgehead atoms. The average Bonchev–Trinajstić information content (AvgIpc) is 2.49. The van der Waals surface area contributed by atoms with Gasteiger partial charge in [0.25, 0.3) is 0 Å². The molecule has 0 radical (unpaired) electrons. The van der Waals surface area contributed by atoms with E-state index in [1.54, 1.807) is 0 Å². The molecule has 0 saturated carbocycles. The van der Waals surface area contributed by atoms with Crippen molar-refractivity contribution >= 4 is 11.9 Å². The van der Waals surface area contributed by atoms with Crippen LogP contribution in [0.3, 0.4) is 0 Å². The standard InChI is InChI=1S/2C10H19NO3/c2*1-9(2)5-7(8(12)13)6-10(3,4)11(9)14/h2*7,14H,5-6H2,1-4H3,(H,12,13). The van der Waals surface area contributed by atoms with Gasteiger partial charge in [-0.3, -0.25) is 9.59 Å². The van der Waals surface area contributed by atoms with Gasteiger partial charge in [-0.25, -0.2) is 0 Å². The number of hydrogen-bond donors (Lipinski definition) is 4. The summed E-state index contributed by atoms with van der Waals surface area (Å²) in [5.41, 5.74) is -1.87. The third-order valence-corrected chi connectivity index (χ3v) is 5.98. The zero-order chi connectivity index (χ0) is 22.3. The molecular formula is C20H38N2O6. The van der Waals surface area contributed by atoms with Crippen molar-refractivity contribution in [3.8, 4) is 0 Å². The van der Waals surface area contributed by atoms with Crippen molar-refractivity contribution in [1.82, 2.24) is 10.1 Å². The highest BCUT2D eigenvalue weighted by Crippen LogP contribution is 2.40. The molecule has 8 nitrogen and oxygen atoms in total.